The van der Waals surface area contributed by atoms with Gasteiger partial charge in [-0.2, -0.15) is 0 Å². The van der Waals surface area contributed by atoms with Crippen molar-refractivity contribution >= 4 is 23.2 Å². The molecule has 0 aliphatic heterocycles. The summed E-state index contributed by atoms with van der Waals surface area (Å²) in [6, 6.07) is 6.29. The number of oxazole rings is 1. The van der Waals surface area contributed by atoms with E-state index in [4.69, 9.17) is 9.15 Å². The van der Waals surface area contributed by atoms with Gasteiger partial charge in [0, 0.05) is 29.5 Å². The van der Waals surface area contributed by atoms with E-state index in [-0.39, 0.29) is 29.8 Å². The van der Waals surface area contributed by atoms with Gasteiger partial charge >= 0.3 is 0 Å². The van der Waals surface area contributed by atoms with Crippen molar-refractivity contribution < 1.29 is 18.7 Å². The minimum absolute atomic E-state index is 0.0911. The van der Waals surface area contributed by atoms with Crippen molar-refractivity contribution in [3.63, 3.8) is 0 Å². The lowest BCUT2D eigenvalue weighted by Gasteiger charge is -2.21. The summed E-state index contributed by atoms with van der Waals surface area (Å²) in [6.07, 6.45) is 4.71. The molecular weight excluding hydrogens is 464 g/mol. The van der Waals surface area contributed by atoms with Crippen LogP contribution in [0.5, 0.6) is 5.75 Å². The Bertz CT molecular complexity index is 1100. The molecule has 1 atom stereocenters. The molecule has 2 heterocycles. The van der Waals surface area contributed by atoms with E-state index in [0.29, 0.717) is 36.6 Å². The van der Waals surface area contributed by atoms with Crippen LogP contribution in [0.25, 0.3) is 0 Å². The Morgan fingerprint density at radius 2 is 1.94 bits per heavy atom. The fourth-order valence-corrected chi connectivity index (χ4v) is 3.98. The first-order valence-corrected chi connectivity index (χ1v) is 12.6. The Kier molecular flexibility index (Phi) is 9.03. The molecule has 0 radical (unpaired) electrons. The maximum atomic E-state index is 13.2. The minimum atomic E-state index is -0.655. The summed E-state index contributed by atoms with van der Waals surface area (Å²) in [5.74, 6) is 1.25. The molecule has 9 heteroatoms. The molecule has 8 nitrogen and oxygen atoms in total. The maximum absolute atomic E-state index is 13.2. The van der Waals surface area contributed by atoms with Gasteiger partial charge in [0.05, 0.1) is 17.3 Å². The highest BCUT2D eigenvalue weighted by Crippen LogP contribution is 2.24. The van der Waals surface area contributed by atoms with Crippen LogP contribution in [0.3, 0.4) is 0 Å². The molecule has 2 N–H and O–H groups in total. The van der Waals surface area contributed by atoms with E-state index in [0.717, 1.165) is 10.6 Å². The number of hydrogen-bond donors (Lipinski definition) is 2. The van der Waals surface area contributed by atoms with Gasteiger partial charge in [-0.3, -0.25) is 14.6 Å². The first-order valence-electron chi connectivity index (χ1n) is 11.8. The molecule has 0 saturated carbocycles. The third kappa shape index (κ3) is 7.92. The second-order valence-corrected chi connectivity index (χ2v) is 10.8. The molecule has 1 aromatic carbocycles. The number of para-hydroxylation sites is 1. The van der Waals surface area contributed by atoms with Gasteiger partial charge in [-0.1, -0.05) is 46.8 Å². The summed E-state index contributed by atoms with van der Waals surface area (Å²) in [6.45, 7) is 10.7. The SMILES string of the molecule is CC(C)C[C@@H](NC(=O)c1ccccc1OCc1ncc(C(C)(C)C)o1)C(=O)NCCc1cncs1. The van der Waals surface area contributed by atoms with E-state index in [2.05, 4.69) is 20.6 Å². The van der Waals surface area contributed by atoms with Crippen LogP contribution >= 0.6 is 11.3 Å². The average molecular weight is 499 g/mol. The fourth-order valence-electron chi connectivity index (χ4n) is 3.38. The van der Waals surface area contributed by atoms with Crippen LogP contribution in [0, 0.1) is 5.92 Å². The Morgan fingerprint density at radius 1 is 1.17 bits per heavy atom. The van der Waals surface area contributed by atoms with E-state index in [1.165, 1.54) is 0 Å². The summed E-state index contributed by atoms with van der Waals surface area (Å²) in [5.41, 5.74) is 1.96. The van der Waals surface area contributed by atoms with E-state index in [9.17, 15) is 9.59 Å². The summed E-state index contributed by atoms with van der Waals surface area (Å²) in [7, 11) is 0. The molecule has 0 aliphatic carbocycles. The summed E-state index contributed by atoms with van der Waals surface area (Å²) in [4.78, 5) is 35.4. The number of carbonyl (C=O) groups is 2. The number of nitrogens with one attached hydrogen (secondary N) is 2. The Morgan fingerprint density at radius 3 is 2.60 bits per heavy atom. The highest BCUT2D eigenvalue weighted by molar-refractivity contribution is 7.09. The second kappa shape index (κ2) is 12.0. The Hall–Kier alpha value is -3.20. The van der Waals surface area contributed by atoms with Gasteiger partial charge in [0.2, 0.25) is 11.8 Å². The number of benzene rings is 1. The summed E-state index contributed by atoms with van der Waals surface area (Å²) < 4.78 is 11.7. The lowest BCUT2D eigenvalue weighted by Crippen LogP contribution is -2.47. The highest BCUT2D eigenvalue weighted by atomic mass is 32.1. The number of nitrogens with zero attached hydrogens (tertiary/aromatic N) is 2. The molecule has 0 bridgehead atoms. The van der Waals surface area contributed by atoms with Crippen LogP contribution in [0.2, 0.25) is 0 Å². The molecule has 188 valence electrons. The number of carbonyl (C=O) groups excluding carboxylic acids is 2. The smallest absolute Gasteiger partial charge is 0.255 e. The maximum Gasteiger partial charge on any atom is 0.255 e. The van der Waals surface area contributed by atoms with Crippen LogP contribution in [-0.2, 0) is 23.2 Å². The second-order valence-electron chi connectivity index (χ2n) is 9.82. The minimum Gasteiger partial charge on any atom is -0.483 e. The predicted molar refractivity (Wildman–Crippen MR) is 136 cm³/mol. The number of ether oxygens (including phenoxy) is 1. The standard InChI is InChI=1S/C26H34N4O4S/c1-17(2)12-20(25(32)28-11-10-18-13-27-16-35-18)30-24(31)19-8-6-7-9-21(19)33-15-23-29-14-22(34-23)26(3,4)5/h6-9,13-14,16-17,20H,10-12,15H2,1-5H3,(H,28,32)(H,30,31)/t20-/m1/s1. The quantitative estimate of drug-likeness (QED) is 0.403. The van der Waals surface area contributed by atoms with Gasteiger partial charge < -0.3 is 19.8 Å². The van der Waals surface area contributed by atoms with Crippen LogP contribution in [0.1, 0.15) is 67.9 Å². The highest BCUT2D eigenvalue weighted by Gasteiger charge is 2.24. The predicted octanol–water partition coefficient (Wildman–Crippen LogP) is 4.51. The van der Waals surface area contributed by atoms with E-state index in [1.807, 2.05) is 34.6 Å². The zero-order valence-electron chi connectivity index (χ0n) is 21.0. The number of aromatic nitrogens is 2. The summed E-state index contributed by atoms with van der Waals surface area (Å²) in [5, 5.41) is 5.82. The van der Waals surface area contributed by atoms with Crippen LogP contribution in [0.15, 0.2) is 46.6 Å². The van der Waals surface area contributed by atoms with Gasteiger partial charge in [0.25, 0.3) is 5.91 Å². The molecule has 2 aromatic heterocycles. The van der Waals surface area contributed by atoms with Crippen molar-refractivity contribution in [2.75, 3.05) is 6.54 Å². The monoisotopic (exact) mass is 498 g/mol. The van der Waals surface area contributed by atoms with Gasteiger partial charge in [0.15, 0.2) is 6.61 Å². The van der Waals surface area contributed by atoms with Crippen LogP contribution in [-0.4, -0.2) is 34.4 Å². The molecule has 0 unspecified atom stereocenters. The van der Waals surface area contributed by atoms with E-state index < -0.39 is 6.04 Å². The fraction of sp³-hybridized carbons (Fsp3) is 0.462. The molecule has 0 fully saturated rings. The zero-order valence-corrected chi connectivity index (χ0v) is 21.8. The molecule has 0 spiro atoms. The lowest BCUT2D eigenvalue weighted by atomic mass is 9.94. The Labute approximate surface area is 210 Å². The largest absolute Gasteiger partial charge is 0.483 e. The number of rotatable bonds is 11. The first kappa shape index (κ1) is 26.4. The topological polar surface area (TPSA) is 106 Å². The molecular formula is C26H34N4O4S. The Balaban J connectivity index is 1.63. The third-order valence-corrected chi connectivity index (χ3v) is 6.10. The van der Waals surface area contributed by atoms with Crippen LogP contribution < -0.4 is 15.4 Å². The van der Waals surface area contributed by atoms with Gasteiger partial charge in [0.1, 0.15) is 17.6 Å². The molecule has 3 aromatic rings. The van der Waals surface area contributed by atoms with Gasteiger partial charge in [-0.25, -0.2) is 4.98 Å². The molecule has 2 amide bonds. The number of amides is 2. The zero-order chi connectivity index (χ0) is 25.4. The first-order chi connectivity index (χ1) is 16.6. The molecule has 35 heavy (non-hydrogen) atoms. The lowest BCUT2D eigenvalue weighted by molar-refractivity contribution is -0.123. The van der Waals surface area contributed by atoms with Gasteiger partial charge in [-0.05, 0) is 24.5 Å². The molecule has 0 aliphatic rings. The van der Waals surface area contributed by atoms with E-state index in [1.54, 1.807) is 53.5 Å². The van der Waals surface area contributed by atoms with Crippen LogP contribution in [0.4, 0.5) is 0 Å². The third-order valence-electron chi connectivity index (χ3n) is 5.26. The van der Waals surface area contributed by atoms with Crippen molar-refractivity contribution in [1.29, 1.82) is 0 Å². The van der Waals surface area contributed by atoms with Crippen molar-refractivity contribution in [2.45, 2.75) is 65.5 Å². The van der Waals surface area contributed by atoms with Crippen molar-refractivity contribution in [3.05, 3.63) is 64.3 Å². The van der Waals surface area contributed by atoms with Gasteiger partial charge in [-0.15, -0.1) is 11.3 Å². The van der Waals surface area contributed by atoms with Crippen molar-refractivity contribution in [2.24, 2.45) is 5.92 Å². The number of hydrogen-bond acceptors (Lipinski definition) is 7. The van der Waals surface area contributed by atoms with Crippen molar-refractivity contribution in [3.8, 4) is 5.75 Å². The van der Waals surface area contributed by atoms with E-state index >= 15 is 0 Å². The molecule has 0 saturated heterocycles. The van der Waals surface area contributed by atoms with Crippen molar-refractivity contribution in [1.82, 2.24) is 20.6 Å². The number of thiazole rings is 1. The molecule has 3 rings (SSSR count). The summed E-state index contributed by atoms with van der Waals surface area (Å²) >= 11 is 1.55. The normalized spacial score (nSPS) is 12.4. The average Bonchev–Trinajstić information content (AvgIpc) is 3.49.